The van der Waals surface area contributed by atoms with Gasteiger partial charge in [0.15, 0.2) is 0 Å². The first kappa shape index (κ1) is 25.5. The number of nitrogens with zero attached hydrogens (tertiary/aromatic N) is 1. The highest BCUT2D eigenvalue weighted by Crippen LogP contribution is 2.20. The molecule has 3 aromatic rings. The van der Waals surface area contributed by atoms with E-state index >= 15 is 0 Å². The van der Waals surface area contributed by atoms with Crippen molar-refractivity contribution in [3.05, 3.63) is 106 Å². The molecule has 0 spiro atoms. The van der Waals surface area contributed by atoms with Crippen molar-refractivity contribution in [1.82, 2.24) is 10.2 Å². The van der Waals surface area contributed by atoms with Gasteiger partial charge in [-0.25, -0.2) is 0 Å². The quantitative estimate of drug-likeness (QED) is 0.405. The second-order valence-corrected chi connectivity index (χ2v) is 9.37. The third-order valence-corrected chi connectivity index (χ3v) is 6.11. The lowest BCUT2D eigenvalue weighted by Crippen LogP contribution is -2.51. The Hall–Kier alpha value is -3.11. The topological polar surface area (TPSA) is 49.4 Å². The SMILES string of the molecule is Cc1ccc(CN(C(=O)CCc2ccccc2Cl)C(Cc2ccccc2)C(=O)NC(C)C)cc1. The molecule has 0 radical (unpaired) electrons. The molecule has 4 nitrogen and oxygen atoms in total. The van der Waals surface area contributed by atoms with E-state index in [9.17, 15) is 9.59 Å². The summed E-state index contributed by atoms with van der Waals surface area (Å²) in [5.41, 5.74) is 4.09. The Bertz CT molecular complexity index is 1080. The Morgan fingerprint density at radius 3 is 2.18 bits per heavy atom. The molecule has 34 heavy (non-hydrogen) atoms. The van der Waals surface area contributed by atoms with Crippen LogP contribution in [0.2, 0.25) is 5.02 Å². The highest BCUT2D eigenvalue weighted by molar-refractivity contribution is 6.31. The van der Waals surface area contributed by atoms with Gasteiger partial charge in [-0.15, -0.1) is 0 Å². The minimum absolute atomic E-state index is 0.0229. The van der Waals surface area contributed by atoms with E-state index in [1.807, 2.05) is 99.6 Å². The zero-order valence-electron chi connectivity index (χ0n) is 20.1. The van der Waals surface area contributed by atoms with Crippen molar-refractivity contribution in [2.45, 2.75) is 58.7 Å². The summed E-state index contributed by atoms with van der Waals surface area (Å²) in [4.78, 5) is 28.7. The predicted octanol–water partition coefficient (Wildman–Crippen LogP) is 5.75. The van der Waals surface area contributed by atoms with Crippen molar-refractivity contribution >= 4 is 23.4 Å². The molecule has 0 aliphatic rings. The van der Waals surface area contributed by atoms with Gasteiger partial charge in [0.1, 0.15) is 6.04 Å². The molecular formula is C29H33ClN2O2. The van der Waals surface area contributed by atoms with Crippen molar-refractivity contribution in [3.63, 3.8) is 0 Å². The van der Waals surface area contributed by atoms with Crippen molar-refractivity contribution in [1.29, 1.82) is 0 Å². The summed E-state index contributed by atoms with van der Waals surface area (Å²) in [6.07, 6.45) is 1.24. The number of benzene rings is 3. The molecule has 0 aliphatic heterocycles. The molecule has 0 aliphatic carbocycles. The maximum atomic E-state index is 13.6. The maximum absolute atomic E-state index is 13.6. The summed E-state index contributed by atoms with van der Waals surface area (Å²) in [6, 6.07) is 24.9. The lowest BCUT2D eigenvalue weighted by Gasteiger charge is -2.32. The summed E-state index contributed by atoms with van der Waals surface area (Å²) in [5.74, 6) is -0.211. The molecule has 0 bridgehead atoms. The predicted molar refractivity (Wildman–Crippen MR) is 139 cm³/mol. The normalized spacial score (nSPS) is 11.8. The number of hydrogen-bond acceptors (Lipinski definition) is 2. The van der Waals surface area contributed by atoms with Crippen molar-refractivity contribution < 1.29 is 9.59 Å². The van der Waals surface area contributed by atoms with Gasteiger partial charge in [-0.05, 0) is 49.9 Å². The van der Waals surface area contributed by atoms with Gasteiger partial charge in [-0.3, -0.25) is 9.59 Å². The molecule has 178 valence electrons. The fourth-order valence-corrected chi connectivity index (χ4v) is 4.14. The lowest BCUT2D eigenvalue weighted by atomic mass is 10.0. The molecule has 1 N–H and O–H groups in total. The van der Waals surface area contributed by atoms with Crippen LogP contribution >= 0.6 is 11.6 Å². The summed E-state index contributed by atoms with van der Waals surface area (Å²) in [7, 11) is 0. The number of amides is 2. The Labute approximate surface area is 207 Å². The zero-order chi connectivity index (χ0) is 24.5. The average Bonchev–Trinajstić information content (AvgIpc) is 2.82. The Balaban J connectivity index is 1.91. The molecule has 0 fully saturated rings. The van der Waals surface area contributed by atoms with Gasteiger partial charge in [-0.2, -0.15) is 0 Å². The third kappa shape index (κ3) is 7.46. The second-order valence-electron chi connectivity index (χ2n) is 8.97. The molecule has 0 heterocycles. The molecule has 0 saturated carbocycles. The first-order valence-electron chi connectivity index (χ1n) is 11.8. The van der Waals surface area contributed by atoms with E-state index in [0.29, 0.717) is 24.4 Å². The van der Waals surface area contributed by atoms with Crippen LogP contribution in [-0.4, -0.2) is 28.8 Å². The summed E-state index contributed by atoms with van der Waals surface area (Å²) in [5, 5.41) is 3.67. The average molecular weight is 477 g/mol. The minimum Gasteiger partial charge on any atom is -0.352 e. The van der Waals surface area contributed by atoms with Gasteiger partial charge in [0.2, 0.25) is 11.8 Å². The minimum atomic E-state index is -0.621. The van der Waals surface area contributed by atoms with Crippen LogP contribution < -0.4 is 5.32 Å². The first-order valence-corrected chi connectivity index (χ1v) is 12.1. The van der Waals surface area contributed by atoms with Crippen molar-refractivity contribution in [3.8, 4) is 0 Å². The molecular weight excluding hydrogens is 444 g/mol. The number of aryl methyl sites for hydroxylation is 2. The molecule has 5 heteroatoms. The van der Waals surface area contributed by atoms with Crippen molar-refractivity contribution in [2.24, 2.45) is 0 Å². The molecule has 2 amide bonds. The molecule has 0 saturated heterocycles. The van der Waals surface area contributed by atoms with E-state index in [4.69, 9.17) is 11.6 Å². The monoisotopic (exact) mass is 476 g/mol. The van der Waals surface area contributed by atoms with Gasteiger partial charge in [0.05, 0.1) is 0 Å². The number of carbonyl (C=O) groups excluding carboxylic acids is 2. The van der Waals surface area contributed by atoms with Crippen LogP contribution in [0.5, 0.6) is 0 Å². The van der Waals surface area contributed by atoms with Gasteiger partial charge >= 0.3 is 0 Å². The van der Waals surface area contributed by atoms with E-state index in [1.165, 1.54) is 0 Å². The fourth-order valence-electron chi connectivity index (χ4n) is 3.91. The van der Waals surface area contributed by atoms with E-state index in [0.717, 1.165) is 22.3 Å². The maximum Gasteiger partial charge on any atom is 0.243 e. The van der Waals surface area contributed by atoms with Gasteiger partial charge in [0.25, 0.3) is 0 Å². The summed E-state index contributed by atoms with van der Waals surface area (Å²) in [6.45, 7) is 6.26. The summed E-state index contributed by atoms with van der Waals surface area (Å²) >= 11 is 6.32. The number of halogens is 1. The van der Waals surface area contributed by atoms with Crippen LogP contribution in [0.15, 0.2) is 78.9 Å². The summed E-state index contributed by atoms with van der Waals surface area (Å²) < 4.78 is 0. The number of nitrogens with one attached hydrogen (secondary N) is 1. The molecule has 1 unspecified atom stereocenters. The van der Waals surface area contributed by atoms with Gasteiger partial charge < -0.3 is 10.2 Å². The second kappa shape index (κ2) is 12.4. The Morgan fingerprint density at radius 1 is 0.882 bits per heavy atom. The highest BCUT2D eigenvalue weighted by Gasteiger charge is 2.30. The number of rotatable bonds is 10. The molecule has 1 atom stereocenters. The van der Waals surface area contributed by atoms with Crippen LogP contribution in [0.1, 0.15) is 42.5 Å². The molecule has 0 aromatic heterocycles. The van der Waals surface area contributed by atoms with Crippen LogP contribution in [0.3, 0.4) is 0 Å². The highest BCUT2D eigenvalue weighted by atomic mass is 35.5. The zero-order valence-corrected chi connectivity index (χ0v) is 20.9. The fraction of sp³-hybridized carbons (Fsp3) is 0.310. The van der Waals surface area contributed by atoms with E-state index in [1.54, 1.807) is 4.90 Å². The van der Waals surface area contributed by atoms with Crippen molar-refractivity contribution in [2.75, 3.05) is 0 Å². The van der Waals surface area contributed by atoms with Gasteiger partial charge in [0, 0.05) is 30.5 Å². The lowest BCUT2D eigenvalue weighted by molar-refractivity contribution is -0.141. The first-order chi connectivity index (χ1) is 16.3. The van der Waals surface area contributed by atoms with Crippen LogP contribution in [0.25, 0.3) is 0 Å². The molecule has 3 aromatic carbocycles. The van der Waals surface area contributed by atoms with Crippen LogP contribution in [0.4, 0.5) is 0 Å². The molecule has 3 rings (SSSR count). The Kier molecular flexibility index (Phi) is 9.29. The van der Waals surface area contributed by atoms with Gasteiger partial charge in [-0.1, -0.05) is 90.0 Å². The van der Waals surface area contributed by atoms with E-state index in [-0.39, 0.29) is 24.3 Å². The largest absolute Gasteiger partial charge is 0.352 e. The number of hydrogen-bond donors (Lipinski definition) is 1. The number of carbonyl (C=O) groups is 2. The third-order valence-electron chi connectivity index (χ3n) is 5.74. The Morgan fingerprint density at radius 2 is 1.53 bits per heavy atom. The van der Waals surface area contributed by atoms with Crippen LogP contribution in [0, 0.1) is 6.92 Å². The van der Waals surface area contributed by atoms with Crippen LogP contribution in [-0.2, 0) is 29.0 Å². The van der Waals surface area contributed by atoms with E-state index in [2.05, 4.69) is 5.32 Å². The smallest absolute Gasteiger partial charge is 0.243 e. The van der Waals surface area contributed by atoms with E-state index < -0.39 is 6.04 Å². The standard InChI is InChI=1S/C29H33ClN2O2/c1-21(2)31-29(34)27(19-23-9-5-4-6-10-23)32(20-24-15-13-22(3)14-16-24)28(33)18-17-25-11-7-8-12-26(25)30/h4-16,21,27H,17-20H2,1-3H3,(H,31,34).